The Morgan fingerprint density at radius 3 is 2.86 bits per heavy atom. The molecule has 0 spiro atoms. The molecule has 4 nitrogen and oxygen atoms in total. The van der Waals surface area contributed by atoms with Crippen molar-refractivity contribution in [2.45, 2.75) is 13.3 Å². The number of esters is 1. The third-order valence-corrected chi connectivity index (χ3v) is 3.08. The Kier molecular flexibility index (Phi) is 3.89. The number of nitrogens with one attached hydrogen (secondary N) is 1. The quantitative estimate of drug-likeness (QED) is 0.670. The highest BCUT2D eigenvalue weighted by atomic mass is 16.5. The first-order valence-electron chi connectivity index (χ1n) is 4.91. The van der Waals surface area contributed by atoms with E-state index in [1.54, 1.807) is 7.11 Å². The number of ether oxygens (including phenoxy) is 2. The van der Waals surface area contributed by atoms with Crippen LogP contribution in [0.15, 0.2) is 0 Å². The normalized spacial score (nSPS) is 31.8. The van der Waals surface area contributed by atoms with Crippen LogP contribution in [0.1, 0.15) is 13.3 Å². The summed E-state index contributed by atoms with van der Waals surface area (Å²) in [5.41, 5.74) is -0.0247. The van der Waals surface area contributed by atoms with Crippen molar-refractivity contribution in [3.8, 4) is 0 Å². The summed E-state index contributed by atoms with van der Waals surface area (Å²) in [6.07, 6.45) is 0.885. The van der Waals surface area contributed by atoms with Crippen molar-refractivity contribution in [1.29, 1.82) is 0 Å². The summed E-state index contributed by atoms with van der Waals surface area (Å²) < 4.78 is 9.84. The molecule has 1 heterocycles. The first kappa shape index (κ1) is 11.5. The molecule has 0 bridgehead atoms. The largest absolute Gasteiger partial charge is 0.469 e. The van der Waals surface area contributed by atoms with Gasteiger partial charge in [0.15, 0.2) is 0 Å². The molecule has 1 fully saturated rings. The van der Waals surface area contributed by atoms with Crippen LogP contribution in [0.2, 0.25) is 0 Å². The van der Waals surface area contributed by atoms with Crippen LogP contribution < -0.4 is 5.32 Å². The molecule has 4 heteroatoms. The fraction of sp³-hybridized carbons (Fsp3) is 0.900. The Bertz CT molecular complexity index is 208. The lowest BCUT2D eigenvalue weighted by atomic mass is 9.77. The number of carbonyl (C=O) groups excluding carboxylic acids is 1. The molecule has 0 saturated carbocycles. The maximum Gasteiger partial charge on any atom is 0.310 e. The lowest BCUT2D eigenvalue weighted by Gasteiger charge is -2.28. The lowest BCUT2D eigenvalue weighted by Crippen LogP contribution is -2.34. The summed E-state index contributed by atoms with van der Waals surface area (Å²) in [6.45, 7) is 4.36. The van der Waals surface area contributed by atoms with Gasteiger partial charge in [0.05, 0.1) is 13.0 Å². The van der Waals surface area contributed by atoms with Gasteiger partial charge >= 0.3 is 5.97 Å². The monoisotopic (exact) mass is 201 g/mol. The van der Waals surface area contributed by atoms with Crippen LogP contribution >= 0.6 is 0 Å². The summed E-state index contributed by atoms with van der Waals surface area (Å²) in [5.74, 6) is -0.156. The lowest BCUT2D eigenvalue weighted by molar-refractivity contribution is -0.148. The van der Waals surface area contributed by atoms with Crippen LogP contribution in [-0.4, -0.2) is 39.9 Å². The van der Waals surface area contributed by atoms with E-state index >= 15 is 0 Å². The van der Waals surface area contributed by atoms with Crippen molar-refractivity contribution in [2.24, 2.45) is 11.3 Å². The van der Waals surface area contributed by atoms with E-state index in [0.717, 1.165) is 13.0 Å². The molecule has 1 saturated heterocycles. The zero-order valence-electron chi connectivity index (χ0n) is 9.13. The van der Waals surface area contributed by atoms with Gasteiger partial charge in [-0.05, 0) is 11.8 Å². The maximum absolute atomic E-state index is 11.5. The molecule has 0 aromatic carbocycles. The van der Waals surface area contributed by atoms with Crippen molar-refractivity contribution < 1.29 is 14.3 Å². The Hall–Kier alpha value is -0.610. The molecular formula is C10H19NO3. The molecule has 0 aromatic heterocycles. The number of methoxy groups -OCH3 is 2. The standard InChI is InChI=1S/C10H19NO3/c1-10(4-5-13-2)7-11-6-8(10)9(12)14-3/h8,11H,4-7H2,1-3H3. The van der Waals surface area contributed by atoms with Gasteiger partial charge in [-0.1, -0.05) is 6.92 Å². The Balaban J connectivity index is 2.60. The molecule has 82 valence electrons. The maximum atomic E-state index is 11.5. The van der Waals surface area contributed by atoms with Gasteiger partial charge in [0.1, 0.15) is 0 Å². The molecule has 0 amide bonds. The minimum absolute atomic E-state index is 0.0247. The Morgan fingerprint density at radius 1 is 1.57 bits per heavy atom. The van der Waals surface area contributed by atoms with Crippen molar-refractivity contribution >= 4 is 5.97 Å². The van der Waals surface area contributed by atoms with Gasteiger partial charge in [0.2, 0.25) is 0 Å². The second-order valence-corrected chi connectivity index (χ2v) is 4.10. The predicted molar refractivity (Wildman–Crippen MR) is 53.0 cm³/mol. The summed E-state index contributed by atoms with van der Waals surface area (Å²) >= 11 is 0. The highest BCUT2D eigenvalue weighted by Crippen LogP contribution is 2.35. The van der Waals surface area contributed by atoms with Crippen LogP contribution in [-0.2, 0) is 14.3 Å². The molecule has 0 aromatic rings. The van der Waals surface area contributed by atoms with E-state index in [2.05, 4.69) is 12.2 Å². The minimum atomic E-state index is -0.117. The van der Waals surface area contributed by atoms with Crippen molar-refractivity contribution in [3.63, 3.8) is 0 Å². The highest BCUT2D eigenvalue weighted by molar-refractivity contribution is 5.74. The number of hydrogen-bond acceptors (Lipinski definition) is 4. The molecule has 2 unspecified atom stereocenters. The van der Waals surface area contributed by atoms with Gasteiger partial charge in [-0.25, -0.2) is 0 Å². The van der Waals surface area contributed by atoms with E-state index in [0.29, 0.717) is 13.2 Å². The van der Waals surface area contributed by atoms with Crippen LogP contribution in [0.3, 0.4) is 0 Å². The fourth-order valence-corrected chi connectivity index (χ4v) is 1.98. The van der Waals surface area contributed by atoms with Gasteiger partial charge < -0.3 is 14.8 Å². The summed E-state index contributed by atoms with van der Waals surface area (Å²) in [7, 11) is 3.12. The Labute approximate surface area is 85.0 Å². The molecule has 14 heavy (non-hydrogen) atoms. The second kappa shape index (κ2) is 4.75. The SMILES string of the molecule is COCCC1(C)CNCC1C(=O)OC. The third kappa shape index (κ3) is 2.25. The van der Waals surface area contributed by atoms with E-state index in [9.17, 15) is 4.79 Å². The molecule has 1 aliphatic heterocycles. The fourth-order valence-electron chi connectivity index (χ4n) is 1.98. The number of hydrogen-bond donors (Lipinski definition) is 1. The average Bonchev–Trinajstić information content (AvgIpc) is 2.57. The van der Waals surface area contributed by atoms with E-state index in [1.165, 1.54) is 7.11 Å². The first-order chi connectivity index (χ1) is 6.64. The molecule has 1 rings (SSSR count). The number of rotatable bonds is 4. The zero-order chi connectivity index (χ0) is 10.6. The molecule has 1 aliphatic rings. The van der Waals surface area contributed by atoms with E-state index in [4.69, 9.17) is 9.47 Å². The molecule has 0 aliphatic carbocycles. The van der Waals surface area contributed by atoms with Crippen LogP contribution in [0.4, 0.5) is 0 Å². The minimum Gasteiger partial charge on any atom is -0.469 e. The van der Waals surface area contributed by atoms with Gasteiger partial charge in [-0.2, -0.15) is 0 Å². The van der Waals surface area contributed by atoms with Gasteiger partial charge in [0, 0.05) is 26.8 Å². The van der Waals surface area contributed by atoms with Crippen LogP contribution in [0.25, 0.3) is 0 Å². The molecule has 1 N–H and O–H groups in total. The number of carbonyl (C=O) groups is 1. The molecular weight excluding hydrogens is 182 g/mol. The van der Waals surface area contributed by atoms with E-state index in [-0.39, 0.29) is 17.3 Å². The van der Waals surface area contributed by atoms with Gasteiger partial charge in [0.25, 0.3) is 0 Å². The van der Waals surface area contributed by atoms with Crippen molar-refractivity contribution in [1.82, 2.24) is 5.32 Å². The van der Waals surface area contributed by atoms with Gasteiger partial charge in [-0.15, -0.1) is 0 Å². The zero-order valence-corrected chi connectivity index (χ0v) is 9.13. The van der Waals surface area contributed by atoms with Crippen molar-refractivity contribution in [2.75, 3.05) is 33.9 Å². The molecule has 2 atom stereocenters. The third-order valence-electron chi connectivity index (χ3n) is 3.08. The topological polar surface area (TPSA) is 47.6 Å². The second-order valence-electron chi connectivity index (χ2n) is 4.10. The average molecular weight is 201 g/mol. The Morgan fingerprint density at radius 2 is 2.29 bits per heavy atom. The predicted octanol–water partition coefficient (Wildman–Crippen LogP) is 0.422. The first-order valence-corrected chi connectivity index (χ1v) is 4.91. The molecule has 0 radical (unpaired) electrons. The smallest absolute Gasteiger partial charge is 0.310 e. The van der Waals surface area contributed by atoms with E-state index < -0.39 is 0 Å². The summed E-state index contributed by atoms with van der Waals surface area (Å²) in [6, 6.07) is 0. The highest BCUT2D eigenvalue weighted by Gasteiger charge is 2.43. The van der Waals surface area contributed by atoms with Gasteiger partial charge in [-0.3, -0.25) is 4.79 Å². The summed E-state index contributed by atoms with van der Waals surface area (Å²) in [5, 5.41) is 3.23. The van der Waals surface area contributed by atoms with Crippen LogP contribution in [0, 0.1) is 11.3 Å². The van der Waals surface area contributed by atoms with Crippen LogP contribution in [0.5, 0.6) is 0 Å². The summed E-state index contributed by atoms with van der Waals surface area (Å²) in [4.78, 5) is 11.5. The van der Waals surface area contributed by atoms with E-state index in [1.807, 2.05) is 0 Å². The van der Waals surface area contributed by atoms with Crippen molar-refractivity contribution in [3.05, 3.63) is 0 Å².